The summed E-state index contributed by atoms with van der Waals surface area (Å²) in [4.78, 5) is 41.7. The van der Waals surface area contributed by atoms with E-state index in [2.05, 4.69) is 29.6 Å². The molecule has 2 aliphatic rings. The smallest absolute Gasteiger partial charge is 0.415 e. The van der Waals surface area contributed by atoms with Crippen molar-refractivity contribution in [3.63, 3.8) is 0 Å². The first-order valence-corrected chi connectivity index (χ1v) is 15.2. The van der Waals surface area contributed by atoms with E-state index in [1.165, 1.54) is 0 Å². The maximum absolute atomic E-state index is 13.5. The van der Waals surface area contributed by atoms with E-state index in [-0.39, 0.29) is 30.9 Å². The van der Waals surface area contributed by atoms with Crippen LogP contribution in [-0.2, 0) is 19.0 Å². The van der Waals surface area contributed by atoms with Gasteiger partial charge in [-0.05, 0) is 88.8 Å². The molecule has 2 amide bonds. The van der Waals surface area contributed by atoms with Gasteiger partial charge >= 0.3 is 18.2 Å². The van der Waals surface area contributed by atoms with E-state index >= 15 is 0 Å². The van der Waals surface area contributed by atoms with Crippen molar-refractivity contribution in [3.05, 3.63) is 89.5 Å². The van der Waals surface area contributed by atoms with Crippen molar-refractivity contribution < 1.29 is 28.6 Å². The van der Waals surface area contributed by atoms with Crippen molar-refractivity contribution in [3.8, 4) is 11.1 Å². The fourth-order valence-electron chi connectivity index (χ4n) is 6.20. The molecule has 0 aromatic heterocycles. The van der Waals surface area contributed by atoms with Crippen molar-refractivity contribution in [2.75, 3.05) is 11.5 Å². The van der Waals surface area contributed by atoms with Crippen molar-refractivity contribution in [1.29, 1.82) is 0 Å². The number of fused-ring (bicyclic) bond motifs is 4. The minimum atomic E-state index is -1.01. The molecule has 0 radical (unpaired) electrons. The van der Waals surface area contributed by atoms with Gasteiger partial charge in [0, 0.05) is 17.9 Å². The number of benzene rings is 3. The number of para-hydroxylation sites is 1. The third kappa shape index (κ3) is 6.59. The Labute approximate surface area is 259 Å². The van der Waals surface area contributed by atoms with Crippen LogP contribution in [0.4, 0.5) is 15.3 Å². The molecule has 0 saturated carbocycles. The summed E-state index contributed by atoms with van der Waals surface area (Å²) >= 11 is 0. The molecule has 232 valence electrons. The van der Waals surface area contributed by atoms with Crippen LogP contribution in [0, 0.1) is 0 Å². The van der Waals surface area contributed by atoms with Crippen LogP contribution in [0.5, 0.6) is 0 Å². The summed E-state index contributed by atoms with van der Waals surface area (Å²) in [7, 11) is 0. The molecule has 0 fully saturated rings. The number of rotatable bonds is 6. The zero-order valence-corrected chi connectivity index (χ0v) is 26.5. The zero-order chi connectivity index (χ0) is 31.8. The average molecular weight is 599 g/mol. The third-order valence-electron chi connectivity index (χ3n) is 7.99. The second-order valence-corrected chi connectivity index (χ2v) is 13.5. The van der Waals surface area contributed by atoms with Crippen LogP contribution in [-0.4, -0.2) is 48.0 Å². The molecule has 8 nitrogen and oxygen atoms in total. The highest BCUT2D eigenvalue weighted by Gasteiger charge is 2.43. The molecule has 3 aromatic rings. The van der Waals surface area contributed by atoms with E-state index in [9.17, 15) is 14.4 Å². The van der Waals surface area contributed by atoms with E-state index in [1.807, 2.05) is 76.2 Å². The average Bonchev–Trinajstić information content (AvgIpc) is 3.41. The number of nitrogens with zero attached hydrogens (tertiary/aromatic N) is 1. The van der Waals surface area contributed by atoms with Gasteiger partial charge in [0.05, 0.1) is 5.69 Å². The van der Waals surface area contributed by atoms with Gasteiger partial charge < -0.3 is 19.5 Å². The lowest BCUT2D eigenvalue weighted by atomic mass is 9.89. The molecule has 0 saturated heterocycles. The highest BCUT2D eigenvalue weighted by atomic mass is 16.6. The Morgan fingerprint density at radius 1 is 0.773 bits per heavy atom. The number of esters is 1. The Hall–Kier alpha value is -4.33. The highest BCUT2D eigenvalue weighted by Crippen LogP contribution is 2.45. The molecule has 1 aliphatic carbocycles. The summed E-state index contributed by atoms with van der Waals surface area (Å²) in [6.07, 6.45) is -0.958. The first-order chi connectivity index (χ1) is 20.7. The van der Waals surface area contributed by atoms with Gasteiger partial charge in [0.1, 0.15) is 23.9 Å². The Morgan fingerprint density at radius 2 is 1.30 bits per heavy atom. The minimum absolute atomic E-state index is 0.114. The fourth-order valence-corrected chi connectivity index (χ4v) is 6.20. The minimum Gasteiger partial charge on any atom is -0.458 e. The normalized spacial score (nSPS) is 18.1. The number of hydrogen-bond acceptors (Lipinski definition) is 6. The summed E-state index contributed by atoms with van der Waals surface area (Å²) in [5, 5.41) is 2.80. The van der Waals surface area contributed by atoms with Gasteiger partial charge in [0.2, 0.25) is 0 Å². The van der Waals surface area contributed by atoms with Crippen LogP contribution in [0.3, 0.4) is 0 Å². The van der Waals surface area contributed by atoms with Gasteiger partial charge in [0.15, 0.2) is 0 Å². The number of carbonyl (C=O) groups excluding carboxylic acids is 3. The molecule has 1 heterocycles. The maximum Gasteiger partial charge on any atom is 0.415 e. The summed E-state index contributed by atoms with van der Waals surface area (Å²) in [5.41, 5.74) is 4.65. The number of carbonyl (C=O) groups is 3. The van der Waals surface area contributed by atoms with E-state index in [4.69, 9.17) is 14.2 Å². The molecule has 0 spiro atoms. The van der Waals surface area contributed by atoms with Gasteiger partial charge in [-0.3, -0.25) is 4.90 Å². The zero-order valence-electron chi connectivity index (χ0n) is 26.5. The van der Waals surface area contributed by atoms with Crippen LogP contribution in [0.1, 0.15) is 83.4 Å². The number of alkyl carbamates (subject to hydrolysis) is 1. The molecule has 5 rings (SSSR count). The van der Waals surface area contributed by atoms with E-state index in [1.54, 1.807) is 25.7 Å². The number of ether oxygens (including phenoxy) is 3. The van der Waals surface area contributed by atoms with Gasteiger partial charge in [-0.25, -0.2) is 14.4 Å². The Kier molecular flexibility index (Phi) is 8.47. The molecule has 1 aliphatic heterocycles. The summed E-state index contributed by atoms with van der Waals surface area (Å²) in [6, 6.07) is 22.5. The summed E-state index contributed by atoms with van der Waals surface area (Å²) < 4.78 is 17.2. The second-order valence-electron chi connectivity index (χ2n) is 13.5. The van der Waals surface area contributed by atoms with Crippen LogP contribution in [0.25, 0.3) is 11.1 Å². The van der Waals surface area contributed by atoms with Crippen molar-refractivity contribution in [2.24, 2.45) is 0 Å². The molecule has 8 heteroatoms. The predicted molar refractivity (Wildman–Crippen MR) is 170 cm³/mol. The van der Waals surface area contributed by atoms with E-state index in [0.717, 1.165) is 33.5 Å². The van der Waals surface area contributed by atoms with Gasteiger partial charge in [0.25, 0.3) is 0 Å². The Balaban J connectivity index is 1.35. The Bertz CT molecular complexity index is 1510. The second kappa shape index (κ2) is 12.0. The molecule has 44 heavy (non-hydrogen) atoms. The summed E-state index contributed by atoms with van der Waals surface area (Å²) in [6.45, 7) is 12.9. The van der Waals surface area contributed by atoms with Crippen molar-refractivity contribution in [1.82, 2.24) is 5.32 Å². The maximum atomic E-state index is 13.5. The molecule has 3 atom stereocenters. The van der Waals surface area contributed by atoms with E-state index < -0.39 is 35.4 Å². The lowest BCUT2D eigenvalue weighted by Crippen LogP contribution is -2.47. The molecular formula is C36H42N2O6. The predicted octanol–water partition coefficient (Wildman–Crippen LogP) is 7.55. The largest absolute Gasteiger partial charge is 0.458 e. The SMILES string of the molecule is CC1C(CC(NC(=O)OCC2c3ccccc3-c3ccccc32)C(=O)OC(C)(C)C)c2ccccc2N1C(=O)OC(C)(C)C. The molecular weight excluding hydrogens is 556 g/mol. The summed E-state index contributed by atoms with van der Waals surface area (Å²) in [5.74, 6) is -0.950. The van der Waals surface area contributed by atoms with Gasteiger partial charge in [-0.2, -0.15) is 0 Å². The number of amides is 2. The fraction of sp³-hybridized carbons (Fsp3) is 0.417. The molecule has 3 unspecified atom stereocenters. The van der Waals surface area contributed by atoms with Gasteiger partial charge in [-0.1, -0.05) is 66.7 Å². The van der Waals surface area contributed by atoms with Crippen molar-refractivity contribution >= 4 is 23.8 Å². The first kappa shape index (κ1) is 31.1. The Morgan fingerprint density at radius 3 is 1.86 bits per heavy atom. The first-order valence-electron chi connectivity index (χ1n) is 15.2. The van der Waals surface area contributed by atoms with Crippen LogP contribution < -0.4 is 10.2 Å². The third-order valence-corrected chi connectivity index (χ3v) is 7.99. The van der Waals surface area contributed by atoms with Gasteiger partial charge in [-0.15, -0.1) is 0 Å². The lowest BCUT2D eigenvalue weighted by molar-refractivity contribution is -0.157. The number of nitrogens with one attached hydrogen (secondary N) is 1. The quantitative estimate of drug-likeness (QED) is 0.233. The molecule has 0 bridgehead atoms. The van der Waals surface area contributed by atoms with Crippen LogP contribution in [0.15, 0.2) is 72.8 Å². The van der Waals surface area contributed by atoms with Crippen LogP contribution in [0.2, 0.25) is 0 Å². The molecule has 1 N–H and O–H groups in total. The number of anilines is 1. The van der Waals surface area contributed by atoms with E-state index in [0.29, 0.717) is 0 Å². The monoisotopic (exact) mass is 598 g/mol. The van der Waals surface area contributed by atoms with Crippen LogP contribution >= 0.6 is 0 Å². The molecule has 3 aromatic carbocycles. The lowest BCUT2D eigenvalue weighted by Gasteiger charge is -2.30. The highest BCUT2D eigenvalue weighted by molar-refractivity contribution is 5.92. The topological polar surface area (TPSA) is 94.2 Å². The van der Waals surface area contributed by atoms with Crippen molar-refractivity contribution in [2.45, 2.75) is 90.0 Å². The number of hydrogen-bond donors (Lipinski definition) is 1. The standard InChI is InChI=1S/C36H42N2O6/c1-22-28(27-18-12-13-19-31(27)38(22)34(41)44-36(5,6)7)20-30(32(39)43-35(2,3)4)37-33(40)42-21-29-25-16-10-8-14-23(25)24-15-9-11-17-26(24)29/h8-19,22,28-30H,20-21H2,1-7H3,(H,37,40).